The van der Waals surface area contributed by atoms with E-state index in [1.807, 2.05) is 50.2 Å². The van der Waals surface area contributed by atoms with Crippen molar-refractivity contribution in [2.75, 3.05) is 31.1 Å². The highest BCUT2D eigenvalue weighted by Gasteiger charge is 2.32. The minimum absolute atomic E-state index is 0.0519. The number of aryl methyl sites for hydroxylation is 1. The van der Waals surface area contributed by atoms with E-state index in [4.69, 9.17) is 9.47 Å². The molecular weight excluding hydrogens is 439 g/mol. The van der Waals surface area contributed by atoms with Crippen LogP contribution in [0.2, 0.25) is 25.7 Å². The van der Waals surface area contributed by atoms with Gasteiger partial charge in [0.05, 0.1) is 17.5 Å². The highest BCUT2D eigenvalue weighted by molar-refractivity contribution is 6.76. The third-order valence-corrected chi connectivity index (χ3v) is 7.52. The summed E-state index contributed by atoms with van der Waals surface area (Å²) in [5.74, 6) is -0.316. The molecular formula is C24H39FN4O3Si. The number of ether oxygens (including phenoxy) is 2. The van der Waals surface area contributed by atoms with Gasteiger partial charge in [-0.15, -0.1) is 0 Å². The molecule has 0 bridgehead atoms. The van der Waals surface area contributed by atoms with Crippen molar-refractivity contribution in [2.45, 2.75) is 78.7 Å². The SMILES string of the molecule is Cc1cc2c(ncn2COCC[Si](C)(C)C)c(F)c1N1CCN(C(=O)OC(C)(C)C)CC1C. The quantitative estimate of drug-likeness (QED) is 0.420. The summed E-state index contributed by atoms with van der Waals surface area (Å²) in [6.07, 6.45) is 1.32. The molecule has 1 aromatic carbocycles. The number of carbonyl (C=O) groups excluding carboxylic acids is 1. The summed E-state index contributed by atoms with van der Waals surface area (Å²) < 4.78 is 28.9. The largest absolute Gasteiger partial charge is 0.444 e. The van der Waals surface area contributed by atoms with Crippen LogP contribution in [0.15, 0.2) is 12.4 Å². The molecule has 1 amide bonds. The smallest absolute Gasteiger partial charge is 0.410 e. The third kappa shape index (κ3) is 6.26. The normalized spacial score (nSPS) is 17.7. The molecule has 184 valence electrons. The molecule has 0 aliphatic carbocycles. The number of anilines is 1. The van der Waals surface area contributed by atoms with Crippen molar-refractivity contribution in [3.05, 3.63) is 23.8 Å². The van der Waals surface area contributed by atoms with Gasteiger partial charge in [-0.25, -0.2) is 14.2 Å². The minimum Gasteiger partial charge on any atom is -0.444 e. The number of benzene rings is 1. The number of aromatic nitrogens is 2. The second-order valence-corrected chi connectivity index (χ2v) is 16.9. The van der Waals surface area contributed by atoms with E-state index in [-0.39, 0.29) is 18.0 Å². The molecule has 1 aliphatic rings. The van der Waals surface area contributed by atoms with Crippen LogP contribution in [0.1, 0.15) is 33.3 Å². The highest BCUT2D eigenvalue weighted by Crippen LogP contribution is 2.33. The third-order valence-electron chi connectivity index (χ3n) is 5.81. The van der Waals surface area contributed by atoms with Crippen LogP contribution in [0.3, 0.4) is 0 Å². The Balaban J connectivity index is 1.75. The predicted molar refractivity (Wildman–Crippen MR) is 133 cm³/mol. The van der Waals surface area contributed by atoms with Crippen LogP contribution in [0.5, 0.6) is 0 Å². The van der Waals surface area contributed by atoms with E-state index in [0.717, 1.165) is 17.1 Å². The second-order valence-electron chi connectivity index (χ2n) is 11.3. The van der Waals surface area contributed by atoms with Crippen LogP contribution in [0.4, 0.5) is 14.9 Å². The van der Waals surface area contributed by atoms with Crippen LogP contribution in [-0.4, -0.2) is 66.5 Å². The molecule has 9 heteroatoms. The Bertz CT molecular complexity index is 996. The van der Waals surface area contributed by atoms with Crippen molar-refractivity contribution in [1.29, 1.82) is 0 Å². The fourth-order valence-electron chi connectivity index (χ4n) is 4.05. The molecule has 2 heterocycles. The fraction of sp³-hybridized carbons (Fsp3) is 0.667. The monoisotopic (exact) mass is 478 g/mol. The van der Waals surface area contributed by atoms with Crippen molar-refractivity contribution in [3.8, 4) is 0 Å². The van der Waals surface area contributed by atoms with Gasteiger partial charge in [-0.05, 0) is 52.3 Å². The van der Waals surface area contributed by atoms with E-state index in [9.17, 15) is 4.79 Å². The van der Waals surface area contributed by atoms with Gasteiger partial charge < -0.3 is 23.8 Å². The number of amides is 1. The summed E-state index contributed by atoms with van der Waals surface area (Å²) in [4.78, 5) is 20.6. The molecule has 1 aliphatic heterocycles. The maximum absolute atomic E-state index is 15.7. The number of imidazole rings is 1. The number of piperazine rings is 1. The maximum Gasteiger partial charge on any atom is 0.410 e. The number of rotatable bonds is 6. The minimum atomic E-state index is -1.16. The molecule has 1 fully saturated rings. The molecule has 0 N–H and O–H groups in total. The van der Waals surface area contributed by atoms with Gasteiger partial charge in [-0.1, -0.05) is 19.6 Å². The molecule has 33 heavy (non-hydrogen) atoms. The number of carbonyl (C=O) groups is 1. The molecule has 1 atom stereocenters. The Morgan fingerprint density at radius 1 is 1.27 bits per heavy atom. The Labute approximate surface area is 197 Å². The fourth-order valence-corrected chi connectivity index (χ4v) is 4.81. The van der Waals surface area contributed by atoms with E-state index in [2.05, 4.69) is 24.6 Å². The zero-order valence-corrected chi connectivity index (χ0v) is 22.4. The predicted octanol–water partition coefficient (Wildman–Crippen LogP) is 5.24. The van der Waals surface area contributed by atoms with Gasteiger partial charge in [0.15, 0.2) is 5.82 Å². The Kier molecular flexibility index (Phi) is 7.43. The Morgan fingerprint density at radius 2 is 1.97 bits per heavy atom. The van der Waals surface area contributed by atoms with Crippen molar-refractivity contribution in [3.63, 3.8) is 0 Å². The first-order valence-corrected chi connectivity index (χ1v) is 15.4. The zero-order chi connectivity index (χ0) is 24.6. The molecule has 2 aromatic rings. The van der Waals surface area contributed by atoms with E-state index in [1.165, 1.54) is 0 Å². The van der Waals surface area contributed by atoms with E-state index in [1.54, 1.807) is 11.2 Å². The highest BCUT2D eigenvalue weighted by atomic mass is 28.3. The van der Waals surface area contributed by atoms with Gasteiger partial charge >= 0.3 is 6.09 Å². The van der Waals surface area contributed by atoms with Crippen LogP contribution >= 0.6 is 0 Å². The van der Waals surface area contributed by atoms with Crippen LogP contribution in [-0.2, 0) is 16.2 Å². The van der Waals surface area contributed by atoms with E-state index in [0.29, 0.717) is 44.2 Å². The summed E-state index contributed by atoms with van der Waals surface area (Å²) in [5, 5.41) is 0. The van der Waals surface area contributed by atoms with Crippen LogP contribution in [0, 0.1) is 12.7 Å². The van der Waals surface area contributed by atoms with Crippen LogP contribution < -0.4 is 4.90 Å². The summed E-state index contributed by atoms with van der Waals surface area (Å²) in [7, 11) is -1.16. The molecule has 3 rings (SSSR count). The lowest BCUT2D eigenvalue weighted by Crippen LogP contribution is -2.55. The van der Waals surface area contributed by atoms with E-state index < -0.39 is 13.7 Å². The number of hydrogen-bond acceptors (Lipinski definition) is 5. The molecule has 1 unspecified atom stereocenters. The summed E-state index contributed by atoms with van der Waals surface area (Å²) in [6, 6.07) is 3.02. The molecule has 1 saturated heterocycles. The molecule has 1 aromatic heterocycles. The summed E-state index contributed by atoms with van der Waals surface area (Å²) in [6.45, 7) is 19.0. The Morgan fingerprint density at radius 3 is 2.58 bits per heavy atom. The number of fused-ring (bicyclic) bond motifs is 1. The maximum atomic E-state index is 15.7. The zero-order valence-electron chi connectivity index (χ0n) is 21.4. The Hall–Kier alpha value is -2.13. The molecule has 0 radical (unpaired) electrons. The summed E-state index contributed by atoms with van der Waals surface area (Å²) in [5.41, 5.74) is 1.96. The van der Waals surface area contributed by atoms with Gasteiger partial charge in [0, 0.05) is 40.4 Å². The van der Waals surface area contributed by atoms with Gasteiger partial charge in [0.25, 0.3) is 0 Å². The standard InChI is InChI=1S/C24H39FN4O3Si/c1-17-13-19-21(26-15-28(19)16-31-11-12-33(6,7)8)20(25)22(17)29-10-9-27(14-18(29)2)23(30)32-24(3,4)5/h13,15,18H,9-12,14,16H2,1-8H3. The molecule has 0 saturated carbocycles. The first-order chi connectivity index (χ1) is 15.3. The first-order valence-electron chi connectivity index (χ1n) is 11.7. The van der Waals surface area contributed by atoms with Crippen molar-refractivity contribution in [2.24, 2.45) is 0 Å². The number of halogens is 1. The number of nitrogens with zero attached hydrogens (tertiary/aromatic N) is 4. The van der Waals surface area contributed by atoms with E-state index >= 15 is 4.39 Å². The second kappa shape index (κ2) is 9.62. The lowest BCUT2D eigenvalue weighted by atomic mass is 10.1. The van der Waals surface area contributed by atoms with Gasteiger partial charge in [-0.3, -0.25) is 0 Å². The van der Waals surface area contributed by atoms with Gasteiger partial charge in [0.1, 0.15) is 17.8 Å². The molecule has 0 spiro atoms. The number of hydrogen-bond donors (Lipinski definition) is 0. The van der Waals surface area contributed by atoms with Gasteiger partial charge in [-0.2, -0.15) is 0 Å². The topological polar surface area (TPSA) is 59.8 Å². The lowest BCUT2D eigenvalue weighted by Gasteiger charge is -2.42. The van der Waals surface area contributed by atoms with Crippen LogP contribution in [0.25, 0.3) is 11.0 Å². The average molecular weight is 479 g/mol. The van der Waals surface area contributed by atoms with Gasteiger partial charge in [0.2, 0.25) is 0 Å². The van der Waals surface area contributed by atoms with Crippen molar-refractivity contribution >= 4 is 30.9 Å². The summed E-state index contributed by atoms with van der Waals surface area (Å²) >= 11 is 0. The lowest BCUT2D eigenvalue weighted by molar-refractivity contribution is 0.0218. The van der Waals surface area contributed by atoms with Crippen molar-refractivity contribution in [1.82, 2.24) is 14.5 Å². The molecule has 7 nitrogen and oxygen atoms in total. The van der Waals surface area contributed by atoms with Crippen molar-refractivity contribution < 1.29 is 18.7 Å². The first kappa shape index (κ1) is 25.5. The average Bonchev–Trinajstić information content (AvgIpc) is 3.07.